The average Bonchev–Trinajstić information content (AvgIpc) is 3.44. The molecule has 7 heteroatoms. The molecule has 1 saturated carbocycles. The fraction of sp³-hybridized carbons (Fsp3) is 0.368. The molecule has 0 aromatic heterocycles. The largest absolute Gasteiger partial charge is 0.289 e. The quantitative estimate of drug-likeness (QED) is 0.540. The zero-order valence-electron chi connectivity index (χ0n) is 14.8. The van der Waals surface area contributed by atoms with E-state index in [1.54, 1.807) is 0 Å². The Kier molecular flexibility index (Phi) is 5.11. The average molecular weight is 374 g/mol. The van der Waals surface area contributed by atoms with Crippen molar-refractivity contribution in [3.05, 3.63) is 69.8 Å². The van der Waals surface area contributed by atoms with Gasteiger partial charge in [-0.15, -0.1) is 0 Å². The van der Waals surface area contributed by atoms with Crippen LogP contribution in [-0.4, -0.2) is 23.7 Å². The van der Waals surface area contributed by atoms with Gasteiger partial charge in [-0.1, -0.05) is 50.2 Å². The number of nitrogens with zero attached hydrogens (tertiary/aromatic N) is 2. The van der Waals surface area contributed by atoms with Crippen LogP contribution in [0, 0.1) is 10.1 Å². The number of rotatable bonds is 7. The molecule has 0 radical (unpaired) electrons. The van der Waals surface area contributed by atoms with Gasteiger partial charge < -0.3 is 0 Å². The van der Waals surface area contributed by atoms with E-state index in [0.717, 1.165) is 18.4 Å². The van der Waals surface area contributed by atoms with E-state index in [4.69, 9.17) is 0 Å². The summed E-state index contributed by atoms with van der Waals surface area (Å²) in [5.41, 5.74) is 1.69. The fourth-order valence-corrected chi connectivity index (χ4v) is 4.75. The molecule has 0 heterocycles. The summed E-state index contributed by atoms with van der Waals surface area (Å²) in [5, 5.41) is 11.3. The molecule has 0 amide bonds. The normalized spacial score (nSPS) is 14.8. The molecular formula is C19H22N2O4S. The number of hydrogen-bond donors (Lipinski definition) is 0. The number of para-hydroxylation sites is 1. The van der Waals surface area contributed by atoms with Crippen molar-refractivity contribution in [2.75, 3.05) is 0 Å². The van der Waals surface area contributed by atoms with Crippen molar-refractivity contribution >= 4 is 15.7 Å². The standard InChI is InChI=1S/C19H22N2O4S/c1-14(2)16-9-7-15(8-10-16)13-20(17-11-12-17)26(24,25)19-6-4-3-5-18(19)21(22)23/h3-10,14,17H,11-13H2,1-2H3. The Hall–Kier alpha value is -2.25. The lowest BCUT2D eigenvalue weighted by atomic mass is 10.0. The molecule has 0 aliphatic heterocycles. The van der Waals surface area contributed by atoms with E-state index in [-0.39, 0.29) is 23.2 Å². The highest BCUT2D eigenvalue weighted by Gasteiger charge is 2.40. The van der Waals surface area contributed by atoms with Gasteiger partial charge in [0.05, 0.1) is 4.92 Å². The maximum Gasteiger partial charge on any atom is 0.289 e. The SMILES string of the molecule is CC(C)c1ccc(CN(C2CC2)S(=O)(=O)c2ccccc2[N+](=O)[O-])cc1. The lowest BCUT2D eigenvalue weighted by molar-refractivity contribution is -0.387. The molecule has 0 saturated heterocycles. The predicted octanol–water partition coefficient (Wildman–Crippen LogP) is 4.07. The molecule has 138 valence electrons. The summed E-state index contributed by atoms with van der Waals surface area (Å²) in [5.74, 6) is 0.402. The van der Waals surface area contributed by atoms with Gasteiger partial charge in [0, 0.05) is 18.7 Å². The Morgan fingerprint density at radius 1 is 1.12 bits per heavy atom. The number of hydrogen-bond acceptors (Lipinski definition) is 4. The number of benzene rings is 2. The minimum Gasteiger partial charge on any atom is -0.258 e. The first-order chi connectivity index (χ1) is 12.3. The molecule has 26 heavy (non-hydrogen) atoms. The molecular weight excluding hydrogens is 352 g/mol. The zero-order chi connectivity index (χ0) is 18.9. The topological polar surface area (TPSA) is 80.5 Å². The molecule has 1 aliphatic carbocycles. The summed E-state index contributed by atoms with van der Waals surface area (Å²) in [6.07, 6.45) is 1.56. The Balaban J connectivity index is 1.94. The van der Waals surface area contributed by atoms with Crippen LogP contribution in [0.25, 0.3) is 0 Å². The van der Waals surface area contributed by atoms with Crippen molar-refractivity contribution in [1.82, 2.24) is 4.31 Å². The van der Waals surface area contributed by atoms with Gasteiger partial charge in [0.25, 0.3) is 5.69 Å². The summed E-state index contributed by atoms with van der Waals surface area (Å²) in [7, 11) is -3.95. The van der Waals surface area contributed by atoms with Crippen LogP contribution >= 0.6 is 0 Å². The van der Waals surface area contributed by atoms with Gasteiger partial charge in [-0.05, 0) is 36.0 Å². The van der Waals surface area contributed by atoms with Gasteiger partial charge in [-0.3, -0.25) is 10.1 Å². The third-order valence-corrected chi connectivity index (χ3v) is 6.53. The lowest BCUT2D eigenvalue weighted by Gasteiger charge is -2.22. The maximum atomic E-state index is 13.1. The third-order valence-electron chi connectivity index (χ3n) is 4.59. The maximum absolute atomic E-state index is 13.1. The molecule has 0 spiro atoms. The Morgan fingerprint density at radius 2 is 1.73 bits per heavy atom. The van der Waals surface area contributed by atoms with Gasteiger partial charge in [0.15, 0.2) is 4.90 Å². The fourth-order valence-electron chi connectivity index (χ4n) is 2.91. The first kappa shape index (κ1) is 18.5. The van der Waals surface area contributed by atoms with Crippen molar-refractivity contribution < 1.29 is 13.3 Å². The van der Waals surface area contributed by atoms with Crippen LogP contribution in [0.3, 0.4) is 0 Å². The molecule has 0 N–H and O–H groups in total. The van der Waals surface area contributed by atoms with Crippen molar-refractivity contribution in [2.45, 2.75) is 50.1 Å². The number of nitro groups is 1. The zero-order valence-corrected chi connectivity index (χ0v) is 15.6. The molecule has 1 fully saturated rings. The lowest BCUT2D eigenvalue weighted by Crippen LogP contribution is -2.33. The summed E-state index contributed by atoms with van der Waals surface area (Å²) in [4.78, 5) is 10.4. The summed E-state index contributed by atoms with van der Waals surface area (Å²) in [6, 6.07) is 13.3. The van der Waals surface area contributed by atoms with Crippen LogP contribution < -0.4 is 0 Å². The molecule has 2 aromatic rings. The molecule has 0 unspecified atom stereocenters. The smallest absolute Gasteiger partial charge is 0.258 e. The van der Waals surface area contributed by atoms with Gasteiger partial charge in [0.2, 0.25) is 10.0 Å². The van der Waals surface area contributed by atoms with Gasteiger partial charge >= 0.3 is 0 Å². The third kappa shape index (κ3) is 3.78. The monoisotopic (exact) mass is 374 g/mol. The Labute approximate surface area is 153 Å². The van der Waals surface area contributed by atoms with E-state index in [1.807, 2.05) is 24.3 Å². The van der Waals surface area contributed by atoms with Crippen LogP contribution in [-0.2, 0) is 16.6 Å². The van der Waals surface area contributed by atoms with Crippen LogP contribution in [0.2, 0.25) is 0 Å². The van der Waals surface area contributed by atoms with Gasteiger partial charge in [0.1, 0.15) is 0 Å². The van der Waals surface area contributed by atoms with E-state index in [2.05, 4.69) is 13.8 Å². The molecule has 6 nitrogen and oxygen atoms in total. The highest BCUT2D eigenvalue weighted by atomic mass is 32.2. The van der Waals surface area contributed by atoms with Crippen molar-refractivity contribution in [1.29, 1.82) is 0 Å². The van der Waals surface area contributed by atoms with Crippen LogP contribution in [0.5, 0.6) is 0 Å². The van der Waals surface area contributed by atoms with E-state index < -0.39 is 14.9 Å². The minimum absolute atomic E-state index is 0.0930. The van der Waals surface area contributed by atoms with Gasteiger partial charge in [-0.25, -0.2) is 8.42 Å². The first-order valence-electron chi connectivity index (χ1n) is 8.65. The minimum atomic E-state index is -3.95. The molecule has 0 bridgehead atoms. The highest BCUT2D eigenvalue weighted by Crippen LogP contribution is 2.36. The molecule has 2 aromatic carbocycles. The first-order valence-corrected chi connectivity index (χ1v) is 10.1. The van der Waals surface area contributed by atoms with E-state index in [0.29, 0.717) is 5.92 Å². The molecule has 1 aliphatic rings. The van der Waals surface area contributed by atoms with Crippen LogP contribution in [0.4, 0.5) is 5.69 Å². The van der Waals surface area contributed by atoms with E-state index in [9.17, 15) is 18.5 Å². The Morgan fingerprint density at radius 3 is 2.27 bits per heavy atom. The second kappa shape index (κ2) is 7.17. The second-order valence-corrected chi connectivity index (χ2v) is 8.76. The predicted molar refractivity (Wildman–Crippen MR) is 99.4 cm³/mol. The highest BCUT2D eigenvalue weighted by molar-refractivity contribution is 7.89. The van der Waals surface area contributed by atoms with E-state index in [1.165, 1.54) is 34.1 Å². The van der Waals surface area contributed by atoms with E-state index >= 15 is 0 Å². The van der Waals surface area contributed by atoms with Gasteiger partial charge in [-0.2, -0.15) is 4.31 Å². The summed E-state index contributed by atoms with van der Waals surface area (Å²) >= 11 is 0. The summed E-state index contributed by atoms with van der Waals surface area (Å²) < 4.78 is 27.7. The van der Waals surface area contributed by atoms with Crippen molar-refractivity contribution in [3.63, 3.8) is 0 Å². The Bertz CT molecular complexity index is 903. The van der Waals surface area contributed by atoms with Crippen molar-refractivity contribution in [3.8, 4) is 0 Å². The number of sulfonamides is 1. The van der Waals surface area contributed by atoms with Crippen molar-refractivity contribution in [2.24, 2.45) is 0 Å². The van der Waals surface area contributed by atoms with Crippen LogP contribution in [0.15, 0.2) is 53.4 Å². The summed E-state index contributed by atoms with van der Waals surface area (Å²) in [6.45, 7) is 4.42. The molecule has 3 rings (SSSR count). The molecule has 0 atom stereocenters. The number of nitro benzene ring substituents is 1. The van der Waals surface area contributed by atoms with Crippen LogP contribution in [0.1, 0.15) is 43.7 Å². The second-order valence-electron chi connectivity index (χ2n) is 6.90.